The van der Waals surface area contributed by atoms with Crippen molar-refractivity contribution in [3.63, 3.8) is 0 Å². The highest BCUT2D eigenvalue weighted by atomic mass is 19.2. The number of aromatic nitrogens is 3. The number of aromatic amines is 1. The maximum Gasteiger partial charge on any atom is 0.230 e. The minimum atomic E-state index is -0.804. The fourth-order valence-electron chi connectivity index (χ4n) is 3.12. The van der Waals surface area contributed by atoms with Crippen molar-refractivity contribution in [3.8, 4) is 0 Å². The molecule has 5 nitrogen and oxygen atoms in total. The van der Waals surface area contributed by atoms with E-state index < -0.39 is 11.6 Å². The SMILES string of the molecule is Cc1nc(CC(=O)N2CCC(Cc3cccc(F)c3F)CC2)n[nH]1. The summed E-state index contributed by atoms with van der Waals surface area (Å²) in [6.45, 7) is 3.05. The summed E-state index contributed by atoms with van der Waals surface area (Å²) in [5.41, 5.74) is 0.413. The lowest BCUT2D eigenvalue weighted by Gasteiger charge is -2.32. The molecule has 0 saturated carbocycles. The van der Waals surface area contributed by atoms with Gasteiger partial charge in [0.2, 0.25) is 5.91 Å². The van der Waals surface area contributed by atoms with Crippen LogP contribution in [-0.4, -0.2) is 39.1 Å². The lowest BCUT2D eigenvalue weighted by Crippen LogP contribution is -2.39. The molecule has 1 aliphatic rings. The first kappa shape index (κ1) is 16.5. The predicted octanol–water partition coefficient (Wildman–Crippen LogP) is 2.42. The van der Waals surface area contributed by atoms with Crippen LogP contribution >= 0.6 is 0 Å². The molecule has 2 heterocycles. The first-order chi connectivity index (χ1) is 11.5. The number of hydrogen-bond acceptors (Lipinski definition) is 3. The average Bonchev–Trinajstić information content (AvgIpc) is 2.97. The van der Waals surface area contributed by atoms with Gasteiger partial charge in [0.25, 0.3) is 0 Å². The molecule has 1 aromatic heterocycles. The molecular weight excluding hydrogens is 314 g/mol. The number of carbonyl (C=O) groups excluding carboxylic acids is 1. The Morgan fingerprint density at radius 3 is 2.75 bits per heavy atom. The number of halogens is 2. The van der Waals surface area contributed by atoms with Crippen LogP contribution in [0, 0.1) is 24.5 Å². The first-order valence-electron chi connectivity index (χ1n) is 8.11. The number of rotatable bonds is 4. The molecule has 128 valence electrons. The van der Waals surface area contributed by atoms with Gasteiger partial charge in [-0.05, 0) is 43.7 Å². The number of carbonyl (C=O) groups is 1. The van der Waals surface area contributed by atoms with E-state index >= 15 is 0 Å². The third-order valence-corrected chi connectivity index (χ3v) is 4.46. The third-order valence-electron chi connectivity index (χ3n) is 4.46. The number of amides is 1. The van der Waals surface area contributed by atoms with Gasteiger partial charge in [-0.3, -0.25) is 9.89 Å². The van der Waals surface area contributed by atoms with E-state index in [1.54, 1.807) is 17.9 Å². The number of hydrogen-bond donors (Lipinski definition) is 1. The van der Waals surface area contributed by atoms with E-state index in [2.05, 4.69) is 15.2 Å². The highest BCUT2D eigenvalue weighted by Crippen LogP contribution is 2.24. The van der Waals surface area contributed by atoms with Crippen LogP contribution in [0.4, 0.5) is 8.78 Å². The first-order valence-corrected chi connectivity index (χ1v) is 8.11. The lowest BCUT2D eigenvalue weighted by molar-refractivity contribution is -0.131. The maximum atomic E-state index is 13.7. The molecule has 1 amide bonds. The van der Waals surface area contributed by atoms with Crippen LogP contribution in [0.1, 0.15) is 30.1 Å². The second-order valence-corrected chi connectivity index (χ2v) is 6.26. The molecule has 24 heavy (non-hydrogen) atoms. The molecule has 2 aromatic rings. The maximum absolute atomic E-state index is 13.7. The summed E-state index contributed by atoms with van der Waals surface area (Å²) in [6, 6.07) is 4.29. The Hall–Kier alpha value is -2.31. The van der Waals surface area contributed by atoms with Crippen LogP contribution in [0.25, 0.3) is 0 Å². The lowest BCUT2D eigenvalue weighted by atomic mass is 9.90. The van der Waals surface area contributed by atoms with Gasteiger partial charge in [0, 0.05) is 13.1 Å². The molecule has 1 fully saturated rings. The second-order valence-electron chi connectivity index (χ2n) is 6.26. The van der Waals surface area contributed by atoms with Crippen LogP contribution < -0.4 is 0 Å². The Kier molecular flexibility index (Phi) is 4.87. The molecule has 1 N–H and O–H groups in total. The molecule has 1 saturated heterocycles. The Morgan fingerprint density at radius 2 is 2.08 bits per heavy atom. The highest BCUT2D eigenvalue weighted by molar-refractivity contribution is 5.78. The number of benzene rings is 1. The normalized spacial score (nSPS) is 15.7. The predicted molar refractivity (Wildman–Crippen MR) is 84.2 cm³/mol. The molecule has 1 aliphatic heterocycles. The number of H-pyrrole nitrogens is 1. The van der Waals surface area contributed by atoms with Gasteiger partial charge in [0.15, 0.2) is 17.5 Å². The second kappa shape index (κ2) is 7.07. The zero-order chi connectivity index (χ0) is 17.1. The van der Waals surface area contributed by atoms with Crippen LogP contribution in [0.15, 0.2) is 18.2 Å². The van der Waals surface area contributed by atoms with E-state index in [0.29, 0.717) is 36.7 Å². The highest BCUT2D eigenvalue weighted by Gasteiger charge is 2.24. The summed E-state index contributed by atoms with van der Waals surface area (Å²) >= 11 is 0. The smallest absolute Gasteiger partial charge is 0.230 e. The van der Waals surface area contributed by atoms with E-state index in [9.17, 15) is 13.6 Å². The molecule has 3 rings (SSSR count). The van der Waals surface area contributed by atoms with E-state index in [0.717, 1.165) is 18.9 Å². The fraction of sp³-hybridized carbons (Fsp3) is 0.471. The van der Waals surface area contributed by atoms with Gasteiger partial charge in [-0.15, -0.1) is 0 Å². The summed E-state index contributed by atoms with van der Waals surface area (Å²) < 4.78 is 27.0. The number of likely N-dealkylation sites (tertiary alicyclic amines) is 1. The van der Waals surface area contributed by atoms with Gasteiger partial charge in [-0.1, -0.05) is 12.1 Å². The number of nitrogens with one attached hydrogen (secondary N) is 1. The molecule has 0 radical (unpaired) electrons. The van der Waals surface area contributed by atoms with Crippen LogP contribution in [0.5, 0.6) is 0 Å². The zero-order valence-electron chi connectivity index (χ0n) is 13.6. The minimum absolute atomic E-state index is 0.00406. The monoisotopic (exact) mass is 334 g/mol. The van der Waals surface area contributed by atoms with E-state index in [1.807, 2.05) is 0 Å². The third kappa shape index (κ3) is 3.77. The van der Waals surface area contributed by atoms with E-state index in [-0.39, 0.29) is 18.2 Å². The van der Waals surface area contributed by atoms with Crippen molar-refractivity contribution in [3.05, 3.63) is 47.0 Å². The van der Waals surface area contributed by atoms with Crippen molar-refractivity contribution < 1.29 is 13.6 Å². The van der Waals surface area contributed by atoms with Gasteiger partial charge in [0.1, 0.15) is 5.82 Å². The molecule has 1 aromatic carbocycles. The van der Waals surface area contributed by atoms with Gasteiger partial charge < -0.3 is 4.90 Å². The Balaban J connectivity index is 1.52. The van der Waals surface area contributed by atoms with Crippen molar-refractivity contribution in [1.29, 1.82) is 0 Å². The summed E-state index contributed by atoms with van der Waals surface area (Å²) in [7, 11) is 0. The van der Waals surface area contributed by atoms with Gasteiger partial charge in [0.05, 0.1) is 6.42 Å². The molecular formula is C17H20F2N4O. The molecule has 0 bridgehead atoms. The Labute approximate surface area is 139 Å². The summed E-state index contributed by atoms with van der Waals surface area (Å²) in [5, 5.41) is 6.70. The standard InChI is InChI=1S/C17H20F2N4O/c1-11-20-15(22-21-11)10-16(24)23-7-5-12(6-8-23)9-13-3-2-4-14(18)17(13)19/h2-4,12H,5-10H2,1H3,(H,20,21,22). The summed E-state index contributed by atoms with van der Waals surface area (Å²) in [5.74, 6) is -0.103. The number of piperidine rings is 1. The zero-order valence-corrected chi connectivity index (χ0v) is 13.6. The van der Waals surface area contributed by atoms with Crippen molar-refractivity contribution in [2.45, 2.75) is 32.6 Å². The van der Waals surface area contributed by atoms with Crippen LogP contribution in [0.2, 0.25) is 0 Å². The van der Waals surface area contributed by atoms with E-state index in [4.69, 9.17) is 0 Å². The van der Waals surface area contributed by atoms with Crippen molar-refractivity contribution >= 4 is 5.91 Å². The van der Waals surface area contributed by atoms with Gasteiger partial charge in [-0.2, -0.15) is 5.10 Å². The quantitative estimate of drug-likeness (QED) is 0.934. The molecule has 0 unspecified atom stereocenters. The summed E-state index contributed by atoms with van der Waals surface area (Å²) in [6.07, 6.45) is 2.27. The Bertz CT molecular complexity index is 723. The van der Waals surface area contributed by atoms with Crippen LogP contribution in [0.3, 0.4) is 0 Å². The fourth-order valence-corrected chi connectivity index (χ4v) is 3.12. The average molecular weight is 334 g/mol. The Morgan fingerprint density at radius 1 is 1.33 bits per heavy atom. The van der Waals surface area contributed by atoms with Gasteiger partial charge in [-0.25, -0.2) is 13.8 Å². The molecule has 0 aliphatic carbocycles. The minimum Gasteiger partial charge on any atom is -0.342 e. The van der Waals surface area contributed by atoms with E-state index in [1.165, 1.54) is 6.07 Å². The topological polar surface area (TPSA) is 61.9 Å². The van der Waals surface area contributed by atoms with Crippen molar-refractivity contribution in [2.75, 3.05) is 13.1 Å². The number of nitrogens with zero attached hydrogens (tertiary/aromatic N) is 3. The molecule has 7 heteroatoms. The number of aryl methyl sites for hydroxylation is 1. The summed E-state index contributed by atoms with van der Waals surface area (Å²) in [4.78, 5) is 18.2. The molecule has 0 spiro atoms. The van der Waals surface area contributed by atoms with Crippen LogP contribution in [-0.2, 0) is 17.6 Å². The van der Waals surface area contributed by atoms with Crippen molar-refractivity contribution in [1.82, 2.24) is 20.1 Å². The largest absolute Gasteiger partial charge is 0.342 e. The van der Waals surface area contributed by atoms with Gasteiger partial charge >= 0.3 is 0 Å². The van der Waals surface area contributed by atoms with Crippen molar-refractivity contribution in [2.24, 2.45) is 5.92 Å². The molecule has 0 atom stereocenters.